The molecule has 0 saturated heterocycles. The molecule has 0 unspecified atom stereocenters. The lowest BCUT2D eigenvalue weighted by atomic mass is 10.1. The number of aryl methyl sites for hydroxylation is 1. The molecule has 2 heterocycles. The van der Waals surface area contributed by atoms with Crippen LogP contribution in [-0.2, 0) is 5.75 Å². The molecule has 0 spiro atoms. The average Bonchev–Trinajstić information content (AvgIpc) is 3.06. The van der Waals surface area contributed by atoms with Crippen LogP contribution in [0.15, 0.2) is 64.7 Å². The fourth-order valence-corrected chi connectivity index (χ4v) is 3.77. The molecule has 0 radical (unpaired) electrons. The number of thioether (sulfide) groups is 1. The van der Waals surface area contributed by atoms with E-state index in [1.54, 1.807) is 6.20 Å². The topological polar surface area (TPSA) is 63.1 Å². The van der Waals surface area contributed by atoms with Gasteiger partial charge in [-0.3, -0.25) is 4.98 Å². The Hall–Kier alpha value is -2.57. The zero-order valence-electron chi connectivity index (χ0n) is 13.9. The van der Waals surface area contributed by atoms with E-state index < -0.39 is 0 Å². The number of aromatic nitrogens is 4. The Bertz CT molecular complexity index is 1130. The number of fused-ring (bicyclic) bond motifs is 1. The Kier molecular flexibility index (Phi) is 4.53. The number of nitrogens with zero attached hydrogens (tertiary/aromatic N) is 3. The van der Waals surface area contributed by atoms with Crippen molar-refractivity contribution in [2.75, 3.05) is 0 Å². The largest absolute Gasteiger partial charge is 0.350 e. The van der Waals surface area contributed by atoms with Gasteiger partial charge in [-0.25, -0.2) is 9.78 Å². The first-order valence-electron chi connectivity index (χ1n) is 8.03. The van der Waals surface area contributed by atoms with Gasteiger partial charge < -0.3 is 0 Å². The molecule has 0 aliphatic heterocycles. The number of nitrogens with one attached hydrogen (secondary N) is 1. The number of halogens is 1. The van der Waals surface area contributed by atoms with Crippen LogP contribution in [0.5, 0.6) is 0 Å². The Balaban J connectivity index is 1.71. The molecule has 4 rings (SSSR count). The SMILES string of the molecule is Cc1ccc(-c2cnn3c(=O)[nH]c(SCc4ccccc4Cl)nc23)cc1. The third-order valence-electron chi connectivity index (χ3n) is 4.04. The van der Waals surface area contributed by atoms with Gasteiger partial charge in [0.2, 0.25) is 0 Å². The van der Waals surface area contributed by atoms with Crippen LogP contribution in [-0.4, -0.2) is 19.6 Å². The normalized spacial score (nSPS) is 11.2. The molecule has 5 nitrogen and oxygen atoms in total. The van der Waals surface area contributed by atoms with Gasteiger partial charge in [0.15, 0.2) is 10.8 Å². The van der Waals surface area contributed by atoms with E-state index in [1.165, 1.54) is 21.8 Å². The Morgan fingerprint density at radius 1 is 1.15 bits per heavy atom. The molecule has 4 aromatic rings. The fourth-order valence-electron chi connectivity index (χ4n) is 2.63. The molecule has 2 aromatic heterocycles. The van der Waals surface area contributed by atoms with Crippen molar-refractivity contribution < 1.29 is 0 Å². The van der Waals surface area contributed by atoms with Crippen molar-refractivity contribution in [2.24, 2.45) is 0 Å². The van der Waals surface area contributed by atoms with Crippen molar-refractivity contribution in [2.45, 2.75) is 17.8 Å². The predicted octanol–water partition coefficient (Wildman–Crippen LogP) is 4.34. The highest BCUT2D eigenvalue weighted by atomic mass is 35.5. The Labute approximate surface area is 159 Å². The van der Waals surface area contributed by atoms with E-state index in [0.29, 0.717) is 21.6 Å². The molecule has 1 N–H and O–H groups in total. The lowest BCUT2D eigenvalue weighted by Gasteiger charge is -2.05. The standard InChI is InChI=1S/C19H15ClN4OS/c1-12-6-8-13(9-7-12)15-10-21-24-17(15)22-18(23-19(24)25)26-11-14-4-2-3-5-16(14)20/h2-10H,11H2,1H3,(H,22,23,25). The number of benzene rings is 2. The van der Waals surface area contributed by atoms with Crippen molar-refractivity contribution in [3.8, 4) is 11.1 Å². The van der Waals surface area contributed by atoms with Gasteiger partial charge in [0.1, 0.15) is 0 Å². The number of rotatable bonds is 4. The summed E-state index contributed by atoms with van der Waals surface area (Å²) in [5.74, 6) is 0.618. The molecule has 26 heavy (non-hydrogen) atoms. The van der Waals surface area contributed by atoms with Gasteiger partial charge in [-0.2, -0.15) is 9.61 Å². The van der Waals surface area contributed by atoms with Crippen LogP contribution in [0.3, 0.4) is 0 Å². The van der Waals surface area contributed by atoms with Crippen LogP contribution in [0.2, 0.25) is 5.02 Å². The smallest absolute Gasteiger partial charge is 0.285 e. The molecule has 2 aromatic carbocycles. The summed E-state index contributed by atoms with van der Waals surface area (Å²) >= 11 is 7.63. The highest BCUT2D eigenvalue weighted by molar-refractivity contribution is 7.98. The molecule has 130 valence electrons. The molecule has 0 bridgehead atoms. The van der Waals surface area contributed by atoms with Gasteiger partial charge in [-0.15, -0.1) is 0 Å². The van der Waals surface area contributed by atoms with E-state index in [0.717, 1.165) is 16.7 Å². The summed E-state index contributed by atoms with van der Waals surface area (Å²) in [4.78, 5) is 19.7. The van der Waals surface area contributed by atoms with Crippen molar-refractivity contribution in [3.63, 3.8) is 0 Å². The van der Waals surface area contributed by atoms with Gasteiger partial charge >= 0.3 is 5.69 Å². The highest BCUT2D eigenvalue weighted by Gasteiger charge is 2.12. The van der Waals surface area contributed by atoms with E-state index >= 15 is 0 Å². The highest BCUT2D eigenvalue weighted by Crippen LogP contribution is 2.26. The van der Waals surface area contributed by atoms with Crippen molar-refractivity contribution in [1.82, 2.24) is 19.6 Å². The van der Waals surface area contributed by atoms with Crippen molar-refractivity contribution in [3.05, 3.63) is 81.4 Å². The third-order valence-corrected chi connectivity index (χ3v) is 5.33. The summed E-state index contributed by atoms with van der Waals surface area (Å²) in [5, 5.41) is 5.41. The van der Waals surface area contributed by atoms with Gasteiger partial charge in [-0.1, -0.05) is 71.4 Å². The van der Waals surface area contributed by atoms with Crippen molar-refractivity contribution >= 4 is 29.0 Å². The number of hydrogen-bond acceptors (Lipinski definition) is 4. The second-order valence-electron chi connectivity index (χ2n) is 5.89. The Morgan fingerprint density at radius 3 is 2.69 bits per heavy atom. The Morgan fingerprint density at radius 2 is 1.92 bits per heavy atom. The average molecular weight is 383 g/mol. The summed E-state index contributed by atoms with van der Waals surface area (Å²) < 4.78 is 1.29. The van der Waals surface area contributed by atoms with E-state index in [-0.39, 0.29) is 5.69 Å². The molecule has 0 atom stereocenters. The van der Waals surface area contributed by atoms with Crippen LogP contribution < -0.4 is 5.69 Å². The maximum atomic E-state index is 12.3. The van der Waals surface area contributed by atoms with Gasteiger partial charge in [0, 0.05) is 16.3 Å². The van der Waals surface area contributed by atoms with E-state index in [2.05, 4.69) is 15.1 Å². The maximum Gasteiger partial charge on any atom is 0.350 e. The zero-order chi connectivity index (χ0) is 18.1. The van der Waals surface area contributed by atoms with Crippen LogP contribution in [0, 0.1) is 6.92 Å². The number of hydrogen-bond donors (Lipinski definition) is 1. The van der Waals surface area contributed by atoms with Crippen molar-refractivity contribution in [1.29, 1.82) is 0 Å². The quantitative estimate of drug-likeness (QED) is 0.533. The van der Waals surface area contributed by atoms with Crippen LogP contribution >= 0.6 is 23.4 Å². The first kappa shape index (κ1) is 16.9. The second-order valence-corrected chi connectivity index (χ2v) is 7.26. The minimum Gasteiger partial charge on any atom is -0.285 e. The summed E-state index contributed by atoms with van der Waals surface area (Å²) in [5.41, 5.74) is 4.21. The van der Waals surface area contributed by atoms with Crippen LogP contribution in [0.4, 0.5) is 0 Å². The molecular formula is C19H15ClN4OS. The van der Waals surface area contributed by atoms with E-state index in [4.69, 9.17) is 11.6 Å². The zero-order valence-corrected chi connectivity index (χ0v) is 15.5. The number of H-pyrrole nitrogens is 1. The fraction of sp³-hybridized carbons (Fsp3) is 0.105. The van der Waals surface area contributed by atoms with Gasteiger partial charge in [0.05, 0.1) is 6.20 Å². The number of aromatic amines is 1. The van der Waals surface area contributed by atoms with Gasteiger partial charge in [0.25, 0.3) is 0 Å². The molecule has 7 heteroatoms. The minimum atomic E-state index is -0.310. The predicted molar refractivity (Wildman–Crippen MR) is 105 cm³/mol. The van der Waals surface area contributed by atoms with Crippen LogP contribution in [0.1, 0.15) is 11.1 Å². The summed E-state index contributed by atoms with van der Waals surface area (Å²) in [6.45, 7) is 2.03. The molecule has 0 amide bonds. The summed E-state index contributed by atoms with van der Waals surface area (Å²) in [7, 11) is 0. The molecule has 0 fully saturated rings. The lowest BCUT2D eigenvalue weighted by Crippen LogP contribution is -2.19. The van der Waals surface area contributed by atoms with Crippen LogP contribution in [0.25, 0.3) is 16.8 Å². The third kappa shape index (κ3) is 3.25. The monoisotopic (exact) mass is 382 g/mol. The second kappa shape index (κ2) is 6.97. The van der Waals surface area contributed by atoms with E-state index in [1.807, 2.05) is 55.5 Å². The summed E-state index contributed by atoms with van der Waals surface area (Å²) in [6.07, 6.45) is 1.67. The molecule has 0 aliphatic carbocycles. The van der Waals surface area contributed by atoms with E-state index in [9.17, 15) is 4.79 Å². The first-order valence-corrected chi connectivity index (χ1v) is 9.39. The molecular weight excluding hydrogens is 368 g/mol. The molecule has 0 aliphatic rings. The maximum absolute atomic E-state index is 12.3. The summed E-state index contributed by atoms with van der Waals surface area (Å²) in [6, 6.07) is 15.7. The minimum absolute atomic E-state index is 0.310. The lowest BCUT2D eigenvalue weighted by molar-refractivity contribution is 0.786. The van der Waals surface area contributed by atoms with Gasteiger partial charge in [-0.05, 0) is 24.1 Å². The molecule has 0 saturated carbocycles. The first-order chi connectivity index (χ1) is 12.6.